The van der Waals surface area contributed by atoms with Gasteiger partial charge in [-0.3, -0.25) is 9.78 Å². The zero-order chi connectivity index (χ0) is 19.1. The number of rotatable bonds is 8. The maximum absolute atomic E-state index is 12.4. The van der Waals surface area contributed by atoms with E-state index < -0.39 is 0 Å². The van der Waals surface area contributed by atoms with Gasteiger partial charge in [0.2, 0.25) is 5.91 Å². The molecule has 0 fully saturated rings. The van der Waals surface area contributed by atoms with Crippen molar-refractivity contribution in [3.63, 3.8) is 0 Å². The number of aryl methyl sites for hydroxylation is 1. The average Bonchev–Trinajstić information content (AvgIpc) is 3.14. The zero-order valence-corrected chi connectivity index (χ0v) is 16.5. The molecule has 0 saturated heterocycles. The highest BCUT2D eigenvalue weighted by molar-refractivity contribution is 7.13. The SMILES string of the molecule is CCc1ccc(Nc2nc(CC(=O)N(C)CCc3ccncc3)cs2)cc1. The Hall–Kier alpha value is -2.73. The van der Waals surface area contributed by atoms with Crippen LogP contribution in [-0.2, 0) is 24.1 Å². The number of likely N-dealkylation sites (N-methyl/N-ethyl adjacent to an activating group) is 1. The Bertz CT molecular complexity index is 861. The zero-order valence-electron chi connectivity index (χ0n) is 15.7. The molecule has 1 N–H and O–H groups in total. The van der Waals surface area contributed by atoms with Gasteiger partial charge in [0.25, 0.3) is 0 Å². The molecule has 1 aromatic carbocycles. The topological polar surface area (TPSA) is 58.1 Å². The Morgan fingerprint density at radius 1 is 1.11 bits per heavy atom. The maximum Gasteiger partial charge on any atom is 0.228 e. The number of nitrogens with zero attached hydrogens (tertiary/aromatic N) is 3. The molecule has 0 bridgehead atoms. The summed E-state index contributed by atoms with van der Waals surface area (Å²) in [6.45, 7) is 2.82. The molecule has 5 nitrogen and oxygen atoms in total. The lowest BCUT2D eigenvalue weighted by molar-refractivity contribution is -0.129. The molecule has 0 aliphatic heterocycles. The van der Waals surface area contributed by atoms with E-state index in [1.165, 1.54) is 22.5 Å². The van der Waals surface area contributed by atoms with Crippen molar-refractivity contribution in [2.45, 2.75) is 26.2 Å². The van der Waals surface area contributed by atoms with Crippen molar-refractivity contribution >= 4 is 28.1 Å². The summed E-state index contributed by atoms with van der Waals surface area (Å²) < 4.78 is 0. The molecule has 3 aromatic rings. The summed E-state index contributed by atoms with van der Waals surface area (Å²) in [5.74, 6) is 0.0770. The van der Waals surface area contributed by atoms with Crippen LogP contribution in [0.4, 0.5) is 10.8 Å². The third-order valence-electron chi connectivity index (χ3n) is 4.41. The van der Waals surface area contributed by atoms with Gasteiger partial charge in [0, 0.05) is 37.1 Å². The van der Waals surface area contributed by atoms with Crippen LogP contribution in [0, 0.1) is 0 Å². The number of thiazole rings is 1. The maximum atomic E-state index is 12.4. The summed E-state index contributed by atoms with van der Waals surface area (Å²) in [7, 11) is 1.84. The largest absolute Gasteiger partial charge is 0.345 e. The Labute approximate surface area is 164 Å². The first-order chi connectivity index (χ1) is 13.1. The number of amides is 1. The molecule has 0 radical (unpaired) electrons. The number of hydrogen-bond donors (Lipinski definition) is 1. The number of aromatic nitrogens is 2. The molecule has 2 aromatic heterocycles. The van der Waals surface area contributed by atoms with Crippen molar-refractivity contribution in [1.82, 2.24) is 14.9 Å². The van der Waals surface area contributed by atoms with Crippen LogP contribution in [0.2, 0.25) is 0 Å². The van der Waals surface area contributed by atoms with Crippen molar-refractivity contribution in [3.05, 3.63) is 71.0 Å². The number of nitrogens with one attached hydrogen (secondary N) is 1. The lowest BCUT2D eigenvalue weighted by Gasteiger charge is -2.16. The molecule has 140 valence electrons. The van der Waals surface area contributed by atoms with Gasteiger partial charge in [0.05, 0.1) is 12.1 Å². The second kappa shape index (κ2) is 9.28. The molecule has 0 unspecified atom stereocenters. The van der Waals surface area contributed by atoms with E-state index in [2.05, 4.69) is 46.5 Å². The van der Waals surface area contributed by atoms with E-state index in [1.54, 1.807) is 17.3 Å². The fourth-order valence-electron chi connectivity index (χ4n) is 2.65. The molecule has 2 heterocycles. The van der Waals surface area contributed by atoms with Crippen LogP contribution in [0.5, 0.6) is 0 Å². The summed E-state index contributed by atoms with van der Waals surface area (Å²) >= 11 is 1.52. The van der Waals surface area contributed by atoms with Crippen LogP contribution in [0.3, 0.4) is 0 Å². The van der Waals surface area contributed by atoms with Crippen LogP contribution < -0.4 is 5.32 Å². The minimum absolute atomic E-state index is 0.0770. The highest BCUT2D eigenvalue weighted by Gasteiger charge is 2.12. The molecule has 27 heavy (non-hydrogen) atoms. The quantitative estimate of drug-likeness (QED) is 0.639. The van der Waals surface area contributed by atoms with Crippen molar-refractivity contribution < 1.29 is 4.79 Å². The molecule has 0 spiro atoms. The first kappa shape index (κ1) is 19.0. The predicted octanol–water partition coefficient (Wildman–Crippen LogP) is 4.09. The fraction of sp³-hybridized carbons (Fsp3) is 0.286. The van der Waals surface area contributed by atoms with Gasteiger partial charge in [-0.2, -0.15) is 0 Å². The summed E-state index contributed by atoms with van der Waals surface area (Å²) in [5, 5.41) is 6.05. The third-order valence-corrected chi connectivity index (χ3v) is 5.22. The van der Waals surface area contributed by atoms with Crippen molar-refractivity contribution in [3.8, 4) is 0 Å². The minimum atomic E-state index is 0.0770. The predicted molar refractivity (Wildman–Crippen MR) is 110 cm³/mol. The lowest BCUT2D eigenvalue weighted by atomic mass is 10.1. The van der Waals surface area contributed by atoms with Gasteiger partial charge in [0.15, 0.2) is 5.13 Å². The molecule has 6 heteroatoms. The van der Waals surface area contributed by atoms with Gasteiger partial charge in [-0.25, -0.2) is 4.98 Å². The highest BCUT2D eigenvalue weighted by Crippen LogP contribution is 2.22. The second-order valence-corrected chi connectivity index (χ2v) is 7.28. The highest BCUT2D eigenvalue weighted by atomic mass is 32.1. The van der Waals surface area contributed by atoms with Gasteiger partial charge in [-0.15, -0.1) is 11.3 Å². The smallest absolute Gasteiger partial charge is 0.228 e. The third kappa shape index (κ3) is 5.62. The summed E-state index contributed by atoms with van der Waals surface area (Å²) in [4.78, 5) is 22.7. The summed E-state index contributed by atoms with van der Waals surface area (Å²) in [6.07, 6.45) is 5.72. The lowest BCUT2D eigenvalue weighted by Crippen LogP contribution is -2.30. The second-order valence-electron chi connectivity index (χ2n) is 6.42. The van der Waals surface area contributed by atoms with E-state index in [9.17, 15) is 4.79 Å². The van der Waals surface area contributed by atoms with Gasteiger partial charge in [0.1, 0.15) is 0 Å². The average molecular weight is 381 g/mol. The van der Waals surface area contributed by atoms with Crippen LogP contribution >= 0.6 is 11.3 Å². The van der Waals surface area contributed by atoms with Gasteiger partial charge in [-0.05, 0) is 48.2 Å². The first-order valence-electron chi connectivity index (χ1n) is 9.07. The molecule has 1 amide bonds. The first-order valence-corrected chi connectivity index (χ1v) is 9.95. The van der Waals surface area contributed by atoms with E-state index in [0.717, 1.165) is 29.4 Å². The van der Waals surface area contributed by atoms with Gasteiger partial charge in [-0.1, -0.05) is 19.1 Å². The van der Waals surface area contributed by atoms with Crippen LogP contribution in [0.25, 0.3) is 0 Å². The van der Waals surface area contributed by atoms with Crippen molar-refractivity contribution in [1.29, 1.82) is 0 Å². The van der Waals surface area contributed by atoms with E-state index >= 15 is 0 Å². The molecular formula is C21H24N4OS. The Morgan fingerprint density at radius 2 is 1.85 bits per heavy atom. The van der Waals surface area contributed by atoms with E-state index in [1.807, 2.05) is 24.6 Å². The Kier molecular flexibility index (Phi) is 6.54. The molecule has 0 aliphatic carbocycles. The molecule has 0 saturated carbocycles. The number of benzene rings is 1. The van der Waals surface area contributed by atoms with Crippen LogP contribution in [-0.4, -0.2) is 34.4 Å². The van der Waals surface area contributed by atoms with Gasteiger partial charge >= 0.3 is 0 Å². The Balaban J connectivity index is 1.50. The summed E-state index contributed by atoms with van der Waals surface area (Å²) in [6, 6.07) is 12.3. The van der Waals surface area contributed by atoms with Crippen molar-refractivity contribution in [2.75, 3.05) is 18.9 Å². The number of anilines is 2. The Morgan fingerprint density at radius 3 is 2.56 bits per heavy atom. The van der Waals surface area contributed by atoms with Gasteiger partial charge < -0.3 is 10.2 Å². The number of hydrogen-bond acceptors (Lipinski definition) is 5. The van der Waals surface area contributed by atoms with Crippen molar-refractivity contribution in [2.24, 2.45) is 0 Å². The molecule has 3 rings (SSSR count). The molecular weight excluding hydrogens is 356 g/mol. The van der Waals surface area contributed by atoms with E-state index in [0.29, 0.717) is 13.0 Å². The molecule has 0 aliphatic rings. The van der Waals surface area contributed by atoms with E-state index in [4.69, 9.17) is 0 Å². The normalized spacial score (nSPS) is 10.6. The molecule has 0 atom stereocenters. The monoisotopic (exact) mass is 380 g/mol. The number of carbonyl (C=O) groups is 1. The summed E-state index contributed by atoms with van der Waals surface area (Å²) in [5.41, 5.74) is 4.29. The van der Waals surface area contributed by atoms with E-state index in [-0.39, 0.29) is 5.91 Å². The standard InChI is InChI=1S/C21H24N4OS/c1-3-16-4-6-18(7-5-16)23-21-24-19(15-27-21)14-20(26)25(2)13-10-17-8-11-22-12-9-17/h4-9,11-12,15H,3,10,13-14H2,1-2H3,(H,23,24). The minimum Gasteiger partial charge on any atom is -0.345 e. The van der Waals surface area contributed by atoms with Crippen LogP contribution in [0.1, 0.15) is 23.7 Å². The van der Waals surface area contributed by atoms with Crippen LogP contribution in [0.15, 0.2) is 54.2 Å². The number of pyridine rings is 1. The number of carbonyl (C=O) groups excluding carboxylic acids is 1. The fourth-order valence-corrected chi connectivity index (χ4v) is 3.38.